The van der Waals surface area contributed by atoms with Crippen molar-refractivity contribution in [3.8, 4) is 11.4 Å². The van der Waals surface area contributed by atoms with E-state index in [9.17, 15) is 4.79 Å². The minimum Gasteiger partial charge on any atom is -0.378 e. The molecule has 0 aliphatic carbocycles. The third-order valence-electron chi connectivity index (χ3n) is 7.37. The summed E-state index contributed by atoms with van der Waals surface area (Å²) in [6, 6.07) is 11.4. The van der Waals surface area contributed by atoms with Crippen molar-refractivity contribution in [3.63, 3.8) is 0 Å². The summed E-state index contributed by atoms with van der Waals surface area (Å²) in [6.45, 7) is 5.57. The summed E-state index contributed by atoms with van der Waals surface area (Å²) in [6.07, 6.45) is 5.70. The van der Waals surface area contributed by atoms with Crippen molar-refractivity contribution in [2.75, 3.05) is 56.7 Å². The second-order valence-corrected chi connectivity index (χ2v) is 9.91. The van der Waals surface area contributed by atoms with Gasteiger partial charge in [-0.25, -0.2) is 14.8 Å². The van der Waals surface area contributed by atoms with E-state index in [-0.39, 0.29) is 11.9 Å². The molecule has 0 unspecified atom stereocenters. The van der Waals surface area contributed by atoms with E-state index in [1.54, 1.807) is 7.05 Å². The topological polar surface area (TPSA) is 122 Å². The van der Waals surface area contributed by atoms with E-state index in [1.807, 2.05) is 42.7 Å². The molecule has 11 heteroatoms. The first-order chi connectivity index (χ1) is 19.2. The number of rotatable bonds is 6. The van der Waals surface area contributed by atoms with E-state index in [2.05, 4.69) is 36.6 Å². The molecule has 202 valence electrons. The van der Waals surface area contributed by atoms with Gasteiger partial charge in [0.15, 0.2) is 11.6 Å². The number of carbonyl (C=O) groups excluding carboxylic acids is 1. The molecule has 0 saturated carbocycles. The Balaban J connectivity index is 1.29. The van der Waals surface area contributed by atoms with Crippen LogP contribution in [0.25, 0.3) is 22.5 Å². The average molecular weight is 529 g/mol. The fourth-order valence-electron chi connectivity index (χ4n) is 5.23. The number of urea groups is 1. The molecule has 6 rings (SSSR count). The van der Waals surface area contributed by atoms with Crippen LogP contribution in [-0.2, 0) is 11.3 Å². The number of piperidine rings is 1. The SMILES string of the molecule is CNC(=O)Nc1ccc(-c2nc(N3CCOCC3)c3onc(C4CCN(Cc5cccnc5)CC4)c3n2)cc1. The molecule has 0 radical (unpaired) electrons. The molecule has 3 aromatic heterocycles. The highest BCUT2D eigenvalue weighted by molar-refractivity contribution is 5.90. The Morgan fingerprint density at radius 2 is 1.85 bits per heavy atom. The molecule has 2 N–H and O–H groups in total. The van der Waals surface area contributed by atoms with Gasteiger partial charge in [0.05, 0.1) is 13.2 Å². The van der Waals surface area contributed by atoms with Crippen LogP contribution in [0.1, 0.15) is 30.0 Å². The summed E-state index contributed by atoms with van der Waals surface area (Å²) in [5.41, 5.74) is 5.09. The number of nitrogens with zero attached hydrogens (tertiary/aromatic N) is 6. The van der Waals surface area contributed by atoms with Crippen molar-refractivity contribution in [2.45, 2.75) is 25.3 Å². The standard InChI is InChI=1S/C28H32N8O3/c1-29-28(37)31-22-6-4-21(5-7-22)26-32-24-23(34-39-25(24)27(33-26)36-13-15-38-16-14-36)20-8-11-35(12-9-20)18-19-3-2-10-30-17-19/h2-7,10,17,20H,8-9,11-16,18H2,1H3,(H2,29,31,37). The number of benzene rings is 1. The van der Waals surface area contributed by atoms with E-state index in [0.717, 1.165) is 68.2 Å². The molecule has 2 fully saturated rings. The van der Waals surface area contributed by atoms with Gasteiger partial charge in [-0.2, -0.15) is 0 Å². The Labute approximate surface area is 226 Å². The van der Waals surface area contributed by atoms with Crippen molar-refractivity contribution in [2.24, 2.45) is 0 Å². The lowest BCUT2D eigenvalue weighted by Gasteiger charge is -2.31. The fourth-order valence-corrected chi connectivity index (χ4v) is 5.23. The van der Waals surface area contributed by atoms with Crippen LogP contribution in [-0.4, -0.2) is 77.5 Å². The molecular weight excluding hydrogens is 496 g/mol. The zero-order valence-electron chi connectivity index (χ0n) is 22.0. The second-order valence-electron chi connectivity index (χ2n) is 9.91. The quantitative estimate of drug-likeness (QED) is 0.386. The van der Waals surface area contributed by atoms with Gasteiger partial charge in [-0.05, 0) is 61.8 Å². The van der Waals surface area contributed by atoms with Crippen molar-refractivity contribution < 1.29 is 14.1 Å². The number of hydrogen-bond acceptors (Lipinski definition) is 9. The summed E-state index contributed by atoms with van der Waals surface area (Å²) in [5, 5.41) is 9.90. The number of nitrogens with one attached hydrogen (secondary N) is 2. The number of pyridine rings is 1. The summed E-state index contributed by atoms with van der Waals surface area (Å²) in [4.78, 5) is 30.5. The number of likely N-dealkylation sites (tertiary alicyclic amines) is 1. The van der Waals surface area contributed by atoms with Crippen LogP contribution in [0.5, 0.6) is 0 Å². The second kappa shape index (κ2) is 11.3. The van der Waals surface area contributed by atoms with Gasteiger partial charge in [-0.1, -0.05) is 11.2 Å². The number of fused-ring (bicyclic) bond motifs is 1. The molecule has 11 nitrogen and oxygen atoms in total. The molecular formula is C28H32N8O3. The van der Waals surface area contributed by atoms with Gasteiger partial charge in [-0.15, -0.1) is 0 Å². The lowest BCUT2D eigenvalue weighted by molar-refractivity contribution is 0.122. The molecule has 0 bridgehead atoms. The van der Waals surface area contributed by atoms with Gasteiger partial charge >= 0.3 is 6.03 Å². The van der Waals surface area contributed by atoms with Gasteiger partial charge in [0.1, 0.15) is 11.2 Å². The smallest absolute Gasteiger partial charge is 0.318 e. The highest BCUT2D eigenvalue weighted by Crippen LogP contribution is 2.36. The lowest BCUT2D eigenvalue weighted by atomic mass is 9.92. The lowest BCUT2D eigenvalue weighted by Crippen LogP contribution is -2.37. The number of anilines is 2. The third-order valence-corrected chi connectivity index (χ3v) is 7.37. The average Bonchev–Trinajstić information content (AvgIpc) is 3.42. The van der Waals surface area contributed by atoms with Crippen LogP contribution in [0.2, 0.25) is 0 Å². The molecule has 0 atom stereocenters. The first-order valence-corrected chi connectivity index (χ1v) is 13.4. The first kappa shape index (κ1) is 25.2. The first-order valence-electron chi connectivity index (χ1n) is 13.4. The van der Waals surface area contributed by atoms with Crippen LogP contribution in [0, 0.1) is 0 Å². The molecule has 2 amide bonds. The van der Waals surface area contributed by atoms with Crippen LogP contribution in [0.15, 0.2) is 53.3 Å². The molecule has 1 aromatic carbocycles. The summed E-state index contributed by atoms with van der Waals surface area (Å²) < 4.78 is 11.5. The maximum absolute atomic E-state index is 11.7. The van der Waals surface area contributed by atoms with E-state index in [1.165, 1.54) is 5.56 Å². The Bertz CT molecular complexity index is 1410. The predicted molar refractivity (Wildman–Crippen MR) is 148 cm³/mol. The van der Waals surface area contributed by atoms with E-state index >= 15 is 0 Å². The summed E-state index contributed by atoms with van der Waals surface area (Å²) in [5.74, 6) is 1.61. The van der Waals surface area contributed by atoms with Gasteiger partial charge in [0.2, 0.25) is 5.58 Å². The fraction of sp³-hybridized carbons (Fsp3) is 0.393. The zero-order chi connectivity index (χ0) is 26.6. The number of hydrogen-bond donors (Lipinski definition) is 2. The zero-order valence-corrected chi connectivity index (χ0v) is 22.0. The van der Waals surface area contributed by atoms with E-state index in [0.29, 0.717) is 30.3 Å². The number of morpholine rings is 1. The molecule has 2 aliphatic heterocycles. The van der Waals surface area contributed by atoms with Crippen molar-refractivity contribution >= 4 is 28.6 Å². The van der Waals surface area contributed by atoms with Crippen LogP contribution in [0.3, 0.4) is 0 Å². The van der Waals surface area contributed by atoms with Gasteiger partial charge in [-0.3, -0.25) is 9.88 Å². The summed E-state index contributed by atoms with van der Waals surface area (Å²) in [7, 11) is 1.58. The maximum Gasteiger partial charge on any atom is 0.318 e. The van der Waals surface area contributed by atoms with E-state index in [4.69, 9.17) is 19.2 Å². The largest absolute Gasteiger partial charge is 0.378 e. The molecule has 4 aromatic rings. The number of aromatic nitrogens is 4. The Morgan fingerprint density at radius 1 is 1.05 bits per heavy atom. The molecule has 5 heterocycles. The highest BCUT2D eigenvalue weighted by Gasteiger charge is 2.29. The minimum atomic E-state index is -0.268. The maximum atomic E-state index is 11.7. The molecule has 2 saturated heterocycles. The van der Waals surface area contributed by atoms with Gasteiger partial charge in [0, 0.05) is 56.2 Å². The Morgan fingerprint density at radius 3 is 2.56 bits per heavy atom. The third kappa shape index (κ3) is 5.55. The van der Waals surface area contributed by atoms with Crippen molar-refractivity contribution in [3.05, 3.63) is 60.0 Å². The van der Waals surface area contributed by atoms with Gasteiger partial charge in [0.25, 0.3) is 0 Å². The number of amides is 2. The van der Waals surface area contributed by atoms with Crippen LogP contribution >= 0.6 is 0 Å². The predicted octanol–water partition coefficient (Wildman–Crippen LogP) is 3.65. The Kier molecular flexibility index (Phi) is 7.33. The number of carbonyl (C=O) groups is 1. The van der Waals surface area contributed by atoms with Crippen LogP contribution in [0.4, 0.5) is 16.3 Å². The monoisotopic (exact) mass is 528 g/mol. The van der Waals surface area contributed by atoms with E-state index < -0.39 is 0 Å². The molecule has 0 spiro atoms. The molecule has 2 aliphatic rings. The van der Waals surface area contributed by atoms with Gasteiger partial charge < -0.3 is 24.8 Å². The normalized spacial score (nSPS) is 16.9. The van der Waals surface area contributed by atoms with Crippen molar-refractivity contribution in [1.82, 2.24) is 30.3 Å². The Hall–Kier alpha value is -4.09. The highest BCUT2D eigenvalue weighted by atomic mass is 16.5. The molecule has 39 heavy (non-hydrogen) atoms. The minimum absolute atomic E-state index is 0.260. The van der Waals surface area contributed by atoms with Crippen molar-refractivity contribution in [1.29, 1.82) is 0 Å². The summed E-state index contributed by atoms with van der Waals surface area (Å²) >= 11 is 0. The van der Waals surface area contributed by atoms with Crippen LogP contribution < -0.4 is 15.5 Å². The number of ether oxygens (including phenoxy) is 1.